The molecule has 234 valence electrons. The Hall–Kier alpha value is -5.77. The molecule has 0 saturated heterocycles. The molecular formula is C43H27N5Pt. The molecule has 5 nitrogen and oxygen atoms in total. The summed E-state index contributed by atoms with van der Waals surface area (Å²) in [7, 11) is 0. The van der Waals surface area contributed by atoms with Gasteiger partial charge in [-0.05, 0) is 76.6 Å². The fourth-order valence-electron chi connectivity index (χ4n) is 7.30. The van der Waals surface area contributed by atoms with Crippen molar-refractivity contribution in [3.05, 3.63) is 157 Å². The Labute approximate surface area is 296 Å². The molecule has 0 saturated carbocycles. The van der Waals surface area contributed by atoms with E-state index in [-0.39, 0.29) is 21.1 Å². The predicted octanol–water partition coefficient (Wildman–Crippen LogP) is 10.2. The molecular weight excluding hydrogens is 782 g/mol. The Morgan fingerprint density at radius 3 is 2.24 bits per heavy atom. The normalized spacial score (nSPS) is 11.6. The Morgan fingerprint density at radius 1 is 0.612 bits per heavy atom. The van der Waals surface area contributed by atoms with E-state index in [4.69, 9.17) is 15.0 Å². The molecule has 0 amide bonds. The molecule has 4 heterocycles. The van der Waals surface area contributed by atoms with E-state index < -0.39 is 0 Å². The van der Waals surface area contributed by atoms with E-state index in [1.807, 2.05) is 30.5 Å². The van der Waals surface area contributed by atoms with Crippen molar-refractivity contribution in [2.24, 2.45) is 0 Å². The first-order chi connectivity index (χ1) is 23.7. The van der Waals surface area contributed by atoms with Crippen LogP contribution < -0.4 is 4.98 Å². The summed E-state index contributed by atoms with van der Waals surface area (Å²) in [6.07, 6.45) is 1.84. The van der Waals surface area contributed by atoms with Crippen LogP contribution >= 0.6 is 0 Å². The number of aromatic nitrogens is 5. The topological polar surface area (TPSA) is 49.7 Å². The van der Waals surface area contributed by atoms with Crippen molar-refractivity contribution in [2.45, 2.75) is 6.92 Å². The van der Waals surface area contributed by atoms with E-state index in [9.17, 15) is 0 Å². The average Bonchev–Trinajstić information content (AvgIpc) is 3.81. The second-order valence-corrected chi connectivity index (χ2v) is 12.3. The van der Waals surface area contributed by atoms with Gasteiger partial charge in [0.2, 0.25) is 0 Å². The Morgan fingerprint density at radius 2 is 1.39 bits per heavy atom. The molecule has 0 unspecified atom stereocenters. The molecule has 0 aliphatic rings. The summed E-state index contributed by atoms with van der Waals surface area (Å²) in [5, 5.41) is 4.62. The number of hydrogen-bond acceptors (Lipinski definition) is 2. The smallest absolute Gasteiger partial charge is 0.656 e. The van der Waals surface area contributed by atoms with Crippen LogP contribution in [0.15, 0.2) is 146 Å². The van der Waals surface area contributed by atoms with Crippen molar-refractivity contribution in [1.29, 1.82) is 0 Å². The van der Waals surface area contributed by atoms with Gasteiger partial charge in [0.15, 0.2) is 0 Å². The molecule has 0 bridgehead atoms. The first kappa shape index (κ1) is 29.4. The predicted molar refractivity (Wildman–Crippen MR) is 196 cm³/mol. The maximum Gasteiger partial charge on any atom is 2.00 e. The van der Waals surface area contributed by atoms with E-state index in [1.54, 1.807) is 0 Å². The molecule has 0 aliphatic carbocycles. The minimum absolute atomic E-state index is 0. The van der Waals surface area contributed by atoms with E-state index in [2.05, 4.69) is 137 Å². The van der Waals surface area contributed by atoms with Crippen molar-refractivity contribution in [3.8, 4) is 34.0 Å². The van der Waals surface area contributed by atoms with Gasteiger partial charge in [0.1, 0.15) is 11.6 Å². The summed E-state index contributed by atoms with van der Waals surface area (Å²) < 4.78 is 4.48. The van der Waals surface area contributed by atoms with E-state index in [0.29, 0.717) is 0 Å². The largest absolute Gasteiger partial charge is 2.00 e. The minimum atomic E-state index is 0. The van der Waals surface area contributed by atoms with Gasteiger partial charge in [-0.2, -0.15) is 0 Å². The van der Waals surface area contributed by atoms with E-state index >= 15 is 0 Å². The third kappa shape index (κ3) is 4.50. The zero-order valence-electron chi connectivity index (χ0n) is 26.4. The Balaban J connectivity index is 0.00000325. The van der Waals surface area contributed by atoms with Crippen molar-refractivity contribution < 1.29 is 21.1 Å². The molecule has 0 radical (unpaired) electrons. The van der Waals surface area contributed by atoms with Gasteiger partial charge >= 0.3 is 21.1 Å². The summed E-state index contributed by atoms with van der Waals surface area (Å²) in [5.74, 6) is 1.73. The number of hydrogen-bond donors (Lipinski definition) is 0. The number of fused-ring (bicyclic) bond motifs is 7. The maximum atomic E-state index is 5.48. The van der Waals surface area contributed by atoms with Crippen molar-refractivity contribution in [2.75, 3.05) is 0 Å². The van der Waals surface area contributed by atoms with E-state index in [1.165, 1.54) is 10.9 Å². The van der Waals surface area contributed by atoms with Crippen LogP contribution in [0, 0.1) is 13.0 Å². The zero-order chi connectivity index (χ0) is 31.8. The molecule has 6 aromatic carbocycles. The quantitative estimate of drug-likeness (QED) is 0.167. The minimum Gasteiger partial charge on any atom is -0.656 e. The maximum absolute atomic E-state index is 5.48. The molecule has 0 fully saturated rings. The van der Waals surface area contributed by atoms with Gasteiger partial charge in [-0.1, -0.05) is 95.9 Å². The molecule has 0 aliphatic heterocycles. The van der Waals surface area contributed by atoms with Gasteiger partial charge in [-0.3, -0.25) is 4.57 Å². The fraction of sp³-hybridized carbons (Fsp3) is 0.0233. The zero-order valence-corrected chi connectivity index (χ0v) is 28.7. The second-order valence-electron chi connectivity index (χ2n) is 12.3. The average molecular weight is 809 g/mol. The molecule has 0 spiro atoms. The monoisotopic (exact) mass is 808 g/mol. The fourth-order valence-corrected chi connectivity index (χ4v) is 7.30. The number of rotatable bonds is 4. The third-order valence-corrected chi connectivity index (χ3v) is 9.37. The number of nitrogens with zero attached hydrogens (tertiary/aromatic N) is 5. The van der Waals surface area contributed by atoms with Gasteiger partial charge in [-0.25, -0.2) is 9.97 Å². The van der Waals surface area contributed by atoms with Gasteiger partial charge < -0.3 is 9.55 Å². The van der Waals surface area contributed by atoms with Crippen molar-refractivity contribution in [1.82, 2.24) is 24.1 Å². The number of aryl methyl sites for hydroxylation is 1. The first-order valence-electron chi connectivity index (χ1n) is 16.1. The summed E-state index contributed by atoms with van der Waals surface area (Å²) >= 11 is 0. The van der Waals surface area contributed by atoms with Crippen LogP contribution in [0.1, 0.15) is 5.56 Å². The molecule has 6 heteroatoms. The molecule has 10 aromatic rings. The molecule has 10 rings (SSSR count). The second kappa shape index (κ2) is 11.4. The van der Waals surface area contributed by atoms with Crippen LogP contribution in [0.25, 0.3) is 88.7 Å². The number of imidazole rings is 1. The summed E-state index contributed by atoms with van der Waals surface area (Å²) in [5.41, 5.74) is 11.2. The van der Waals surface area contributed by atoms with Crippen LogP contribution in [0.2, 0.25) is 0 Å². The third-order valence-electron chi connectivity index (χ3n) is 9.37. The number of para-hydroxylation sites is 4. The molecule has 49 heavy (non-hydrogen) atoms. The van der Waals surface area contributed by atoms with Crippen LogP contribution in [0.4, 0.5) is 0 Å². The van der Waals surface area contributed by atoms with Crippen molar-refractivity contribution >= 4 is 54.6 Å². The first-order valence-corrected chi connectivity index (χ1v) is 16.1. The SMILES string of the molecule is Cc1cc(-c2nc3c(-c4[c-]c5c(cc4)c4ccccc4n5-c4ccccn4)cccc3n2-c2ccccc2)c2[n-]c3ccccc3c2c1.[Pt+2]. The van der Waals surface area contributed by atoms with Gasteiger partial charge in [-0.15, -0.1) is 34.8 Å². The summed E-state index contributed by atoms with van der Waals surface area (Å²) in [6.45, 7) is 2.15. The van der Waals surface area contributed by atoms with Crippen LogP contribution in [-0.2, 0) is 21.1 Å². The molecule has 0 N–H and O–H groups in total. The standard InChI is InChI=1S/C43H27N5.Pt/c1-27-24-34-31-14-5-7-17-36(31)45-41(34)35(25-27)43-46-42-30(16-11-19-38(42)47(43)29-12-3-2-4-13-29)28-21-22-33-32-15-6-8-18-37(32)48(39(33)26-28)40-20-9-10-23-44-40;/h2-25H,1H3;/q-2;+2. The number of pyridine rings is 1. The summed E-state index contributed by atoms with van der Waals surface area (Å²) in [4.78, 5) is 15.4. The van der Waals surface area contributed by atoms with E-state index in [0.717, 1.165) is 83.3 Å². The Bertz CT molecular complexity index is 2840. The molecule has 4 aromatic heterocycles. The van der Waals surface area contributed by atoms with Crippen LogP contribution in [-0.4, -0.2) is 19.1 Å². The van der Waals surface area contributed by atoms with Crippen molar-refractivity contribution in [3.63, 3.8) is 0 Å². The Kier molecular flexibility index (Phi) is 6.85. The number of benzene rings is 6. The summed E-state index contributed by atoms with van der Waals surface area (Å²) in [6, 6.07) is 52.4. The van der Waals surface area contributed by atoms with Gasteiger partial charge in [0.25, 0.3) is 0 Å². The van der Waals surface area contributed by atoms with Crippen LogP contribution in [0.5, 0.6) is 0 Å². The molecule has 0 atom stereocenters. The van der Waals surface area contributed by atoms with Gasteiger partial charge in [0.05, 0.1) is 11.0 Å². The van der Waals surface area contributed by atoms with Gasteiger partial charge in [0, 0.05) is 23.0 Å². The van der Waals surface area contributed by atoms with Crippen LogP contribution in [0.3, 0.4) is 0 Å².